The first-order valence-electron chi connectivity index (χ1n) is 5.64. The molecule has 0 saturated heterocycles. The van der Waals surface area contributed by atoms with Crippen molar-refractivity contribution in [1.82, 2.24) is 15.3 Å². The van der Waals surface area contributed by atoms with Crippen LogP contribution in [0.15, 0.2) is 30.6 Å². The smallest absolute Gasteiger partial charge is 0.216 e. The van der Waals surface area contributed by atoms with Crippen LogP contribution in [-0.4, -0.2) is 24.1 Å². The average molecular weight is 282 g/mol. The van der Waals surface area contributed by atoms with Gasteiger partial charge in [-0.2, -0.15) is 0 Å². The Morgan fingerprint density at radius 2 is 2.11 bits per heavy atom. The van der Waals surface area contributed by atoms with Crippen molar-refractivity contribution < 1.29 is 9.13 Å². The summed E-state index contributed by atoms with van der Waals surface area (Å²) >= 11 is 6.11. The summed E-state index contributed by atoms with van der Waals surface area (Å²) in [6, 6.07) is 5.58. The third-order valence-electron chi connectivity index (χ3n) is 2.73. The van der Waals surface area contributed by atoms with E-state index >= 15 is 0 Å². The number of hydrogen-bond acceptors (Lipinski definition) is 4. The van der Waals surface area contributed by atoms with Crippen LogP contribution in [0.2, 0.25) is 5.02 Å². The van der Waals surface area contributed by atoms with Crippen molar-refractivity contribution in [2.75, 3.05) is 14.2 Å². The molecule has 19 heavy (non-hydrogen) atoms. The second kappa shape index (κ2) is 5.95. The highest BCUT2D eigenvalue weighted by Gasteiger charge is 2.18. The molecule has 1 unspecified atom stereocenters. The molecule has 0 amide bonds. The molecule has 1 heterocycles. The summed E-state index contributed by atoms with van der Waals surface area (Å²) in [6.07, 6.45) is 1.39. The molecule has 0 radical (unpaired) electrons. The van der Waals surface area contributed by atoms with Crippen LogP contribution < -0.4 is 10.1 Å². The number of aromatic nitrogens is 2. The maximum Gasteiger partial charge on any atom is 0.216 e. The SMILES string of the molecule is CNC(c1cc(OC)ncn1)c1cc(F)ccc1Cl. The molecule has 0 saturated carbocycles. The molecule has 4 nitrogen and oxygen atoms in total. The standard InChI is InChI=1S/C13H13ClFN3O/c1-16-13(9-5-8(15)3-4-10(9)14)11-6-12(19-2)18-7-17-11/h3-7,13,16H,1-2H3. The predicted octanol–water partition coefficient (Wildman–Crippen LogP) is 2.59. The van der Waals surface area contributed by atoms with Gasteiger partial charge in [-0.15, -0.1) is 0 Å². The van der Waals surface area contributed by atoms with E-state index in [1.165, 1.54) is 31.6 Å². The summed E-state index contributed by atoms with van der Waals surface area (Å²) in [4.78, 5) is 8.11. The molecule has 0 fully saturated rings. The molecule has 0 bridgehead atoms. The highest BCUT2D eigenvalue weighted by molar-refractivity contribution is 6.31. The average Bonchev–Trinajstić information content (AvgIpc) is 2.44. The van der Waals surface area contributed by atoms with E-state index in [1.807, 2.05) is 0 Å². The van der Waals surface area contributed by atoms with Crippen LogP contribution in [0.4, 0.5) is 4.39 Å². The van der Waals surface area contributed by atoms with Crippen LogP contribution in [0.3, 0.4) is 0 Å². The maximum absolute atomic E-state index is 13.4. The summed E-state index contributed by atoms with van der Waals surface area (Å²) in [5.74, 6) is 0.0958. The number of benzene rings is 1. The van der Waals surface area contributed by atoms with Crippen LogP contribution >= 0.6 is 11.6 Å². The second-order valence-electron chi connectivity index (χ2n) is 3.87. The highest BCUT2D eigenvalue weighted by atomic mass is 35.5. The quantitative estimate of drug-likeness (QED) is 0.936. The Morgan fingerprint density at radius 3 is 2.79 bits per heavy atom. The fraction of sp³-hybridized carbons (Fsp3) is 0.231. The van der Waals surface area contributed by atoms with E-state index in [1.54, 1.807) is 13.1 Å². The van der Waals surface area contributed by atoms with Gasteiger partial charge >= 0.3 is 0 Å². The molecular formula is C13H13ClFN3O. The van der Waals surface area contributed by atoms with Gasteiger partial charge in [-0.3, -0.25) is 0 Å². The predicted molar refractivity (Wildman–Crippen MR) is 70.9 cm³/mol. The van der Waals surface area contributed by atoms with Crippen LogP contribution in [0.1, 0.15) is 17.3 Å². The summed E-state index contributed by atoms with van der Waals surface area (Å²) < 4.78 is 18.4. The van der Waals surface area contributed by atoms with E-state index in [9.17, 15) is 4.39 Å². The molecule has 0 spiro atoms. The maximum atomic E-state index is 13.4. The molecule has 0 aliphatic heterocycles. The van der Waals surface area contributed by atoms with Gasteiger partial charge in [-0.25, -0.2) is 14.4 Å². The minimum absolute atomic E-state index is 0.333. The normalized spacial score (nSPS) is 12.2. The number of nitrogens with zero attached hydrogens (tertiary/aromatic N) is 2. The summed E-state index contributed by atoms with van der Waals surface area (Å²) in [6.45, 7) is 0. The van der Waals surface area contributed by atoms with Gasteiger partial charge < -0.3 is 10.1 Å². The molecule has 2 aromatic rings. The zero-order valence-corrected chi connectivity index (χ0v) is 11.3. The zero-order valence-electron chi connectivity index (χ0n) is 10.5. The van der Waals surface area contributed by atoms with Crippen LogP contribution in [0.25, 0.3) is 0 Å². The number of methoxy groups -OCH3 is 1. The molecule has 6 heteroatoms. The Hall–Kier alpha value is -1.72. The molecule has 1 aromatic carbocycles. The van der Waals surface area contributed by atoms with Crippen molar-refractivity contribution in [3.63, 3.8) is 0 Å². The van der Waals surface area contributed by atoms with Gasteiger partial charge in [0.15, 0.2) is 0 Å². The van der Waals surface area contributed by atoms with E-state index in [0.29, 0.717) is 22.2 Å². The number of ether oxygens (including phenoxy) is 1. The minimum Gasteiger partial charge on any atom is -0.481 e. The van der Waals surface area contributed by atoms with Gasteiger partial charge in [0.1, 0.15) is 12.1 Å². The Morgan fingerprint density at radius 1 is 1.32 bits per heavy atom. The minimum atomic E-state index is -0.347. The molecular weight excluding hydrogens is 269 g/mol. The first kappa shape index (κ1) is 13.7. The van der Waals surface area contributed by atoms with Gasteiger partial charge in [0.2, 0.25) is 5.88 Å². The fourth-order valence-electron chi connectivity index (χ4n) is 1.82. The van der Waals surface area contributed by atoms with Crippen molar-refractivity contribution in [3.05, 3.63) is 52.7 Å². The molecule has 2 rings (SSSR count). The van der Waals surface area contributed by atoms with Crippen molar-refractivity contribution in [3.8, 4) is 5.88 Å². The number of rotatable bonds is 4. The van der Waals surface area contributed by atoms with Gasteiger partial charge in [0, 0.05) is 11.1 Å². The van der Waals surface area contributed by atoms with Gasteiger partial charge in [-0.1, -0.05) is 11.6 Å². The lowest BCUT2D eigenvalue weighted by molar-refractivity contribution is 0.395. The topological polar surface area (TPSA) is 47.0 Å². The van der Waals surface area contributed by atoms with Crippen molar-refractivity contribution in [2.45, 2.75) is 6.04 Å². The zero-order chi connectivity index (χ0) is 13.8. The molecule has 0 aliphatic carbocycles. The monoisotopic (exact) mass is 281 g/mol. The summed E-state index contributed by atoms with van der Waals surface area (Å²) in [5.41, 5.74) is 1.27. The fourth-order valence-corrected chi connectivity index (χ4v) is 2.05. The summed E-state index contributed by atoms with van der Waals surface area (Å²) in [5, 5.41) is 3.53. The Labute approximate surface area is 115 Å². The van der Waals surface area contributed by atoms with Crippen molar-refractivity contribution in [1.29, 1.82) is 0 Å². The van der Waals surface area contributed by atoms with Crippen LogP contribution in [0, 0.1) is 5.82 Å². The van der Waals surface area contributed by atoms with E-state index in [2.05, 4.69) is 15.3 Å². The molecule has 1 N–H and O–H groups in total. The molecule has 100 valence electrons. The molecule has 0 aliphatic rings. The molecule has 1 atom stereocenters. The lowest BCUT2D eigenvalue weighted by Gasteiger charge is -2.17. The molecule has 1 aromatic heterocycles. The lowest BCUT2D eigenvalue weighted by Crippen LogP contribution is -2.19. The van der Waals surface area contributed by atoms with Crippen molar-refractivity contribution in [2.24, 2.45) is 0 Å². The van der Waals surface area contributed by atoms with E-state index in [0.717, 1.165) is 0 Å². The van der Waals surface area contributed by atoms with Gasteiger partial charge in [-0.05, 0) is 30.8 Å². The Bertz CT molecular complexity index is 580. The first-order valence-corrected chi connectivity index (χ1v) is 6.01. The van der Waals surface area contributed by atoms with E-state index in [-0.39, 0.29) is 11.9 Å². The highest BCUT2D eigenvalue weighted by Crippen LogP contribution is 2.28. The number of nitrogens with one attached hydrogen (secondary N) is 1. The first-order chi connectivity index (χ1) is 9.15. The number of hydrogen-bond donors (Lipinski definition) is 1. The van der Waals surface area contributed by atoms with Gasteiger partial charge in [0.25, 0.3) is 0 Å². The summed E-state index contributed by atoms with van der Waals surface area (Å²) in [7, 11) is 3.27. The van der Waals surface area contributed by atoms with Gasteiger partial charge in [0.05, 0.1) is 18.8 Å². The lowest BCUT2D eigenvalue weighted by atomic mass is 10.0. The Kier molecular flexibility index (Phi) is 4.29. The van der Waals surface area contributed by atoms with Crippen LogP contribution in [0.5, 0.6) is 5.88 Å². The second-order valence-corrected chi connectivity index (χ2v) is 4.28. The van der Waals surface area contributed by atoms with E-state index in [4.69, 9.17) is 16.3 Å². The van der Waals surface area contributed by atoms with Crippen LogP contribution in [-0.2, 0) is 0 Å². The third kappa shape index (κ3) is 3.00. The number of halogens is 2. The van der Waals surface area contributed by atoms with Crippen molar-refractivity contribution >= 4 is 11.6 Å². The largest absolute Gasteiger partial charge is 0.481 e. The third-order valence-corrected chi connectivity index (χ3v) is 3.07. The Balaban J connectivity index is 2.46. The van der Waals surface area contributed by atoms with E-state index < -0.39 is 0 Å².